The average Bonchev–Trinajstić information content (AvgIpc) is 3.46. The standard InChI is InChI=1S/C20H21N5O2S2/c1-14(26)22-15-5-2-6-16(11-15)25-13-21-23-20(25)29-12-19(27)24-9-3-7-17(24)18-8-4-10-28-18/h2,4-6,8,10-11,13,17H,3,7,9,12H2,1H3,(H,22,26)/t17-/m0/s1. The van der Waals surface area contributed by atoms with Crippen LogP contribution in [-0.4, -0.2) is 43.8 Å². The molecule has 1 aromatic carbocycles. The first-order valence-electron chi connectivity index (χ1n) is 9.35. The fourth-order valence-corrected chi connectivity index (χ4v) is 5.18. The maximum Gasteiger partial charge on any atom is 0.233 e. The van der Waals surface area contributed by atoms with E-state index in [9.17, 15) is 9.59 Å². The van der Waals surface area contributed by atoms with Crippen LogP contribution in [0.2, 0.25) is 0 Å². The average molecular weight is 428 g/mol. The van der Waals surface area contributed by atoms with Gasteiger partial charge in [0.1, 0.15) is 6.33 Å². The van der Waals surface area contributed by atoms with Crippen LogP contribution in [0.1, 0.15) is 30.7 Å². The maximum atomic E-state index is 12.9. The molecule has 0 radical (unpaired) electrons. The van der Waals surface area contributed by atoms with E-state index >= 15 is 0 Å². The molecular formula is C20H21N5O2S2. The molecule has 1 fully saturated rings. The van der Waals surface area contributed by atoms with Crippen molar-refractivity contribution in [2.45, 2.75) is 31.0 Å². The van der Waals surface area contributed by atoms with Gasteiger partial charge in [-0.2, -0.15) is 0 Å². The first kappa shape index (κ1) is 19.7. The molecule has 0 saturated carbocycles. The van der Waals surface area contributed by atoms with Gasteiger partial charge in [0.2, 0.25) is 11.8 Å². The Labute approximate surface area is 177 Å². The zero-order valence-corrected chi connectivity index (χ0v) is 17.6. The van der Waals surface area contributed by atoms with Gasteiger partial charge in [0, 0.05) is 24.0 Å². The minimum absolute atomic E-state index is 0.118. The van der Waals surface area contributed by atoms with Gasteiger partial charge < -0.3 is 10.2 Å². The number of carbonyl (C=O) groups is 2. The van der Waals surface area contributed by atoms with Crippen LogP contribution in [0.3, 0.4) is 0 Å². The highest BCUT2D eigenvalue weighted by Crippen LogP contribution is 2.35. The summed E-state index contributed by atoms with van der Waals surface area (Å²) in [5.41, 5.74) is 1.53. The molecule has 3 heterocycles. The van der Waals surface area contributed by atoms with Crippen LogP contribution in [0, 0.1) is 0 Å². The minimum Gasteiger partial charge on any atom is -0.334 e. The Morgan fingerprint density at radius 2 is 2.21 bits per heavy atom. The second kappa shape index (κ2) is 8.79. The Bertz CT molecular complexity index is 1000. The lowest BCUT2D eigenvalue weighted by Gasteiger charge is -2.23. The topological polar surface area (TPSA) is 80.1 Å². The molecular weight excluding hydrogens is 406 g/mol. The van der Waals surface area contributed by atoms with Gasteiger partial charge >= 0.3 is 0 Å². The van der Waals surface area contributed by atoms with E-state index in [1.165, 1.54) is 23.6 Å². The molecule has 3 aromatic rings. The molecule has 9 heteroatoms. The summed E-state index contributed by atoms with van der Waals surface area (Å²) >= 11 is 3.08. The number of amides is 2. The molecule has 0 bridgehead atoms. The Hall–Kier alpha value is -2.65. The van der Waals surface area contributed by atoms with Gasteiger partial charge in [-0.25, -0.2) is 0 Å². The van der Waals surface area contributed by atoms with Gasteiger partial charge in [-0.3, -0.25) is 14.2 Å². The number of rotatable bonds is 6. The van der Waals surface area contributed by atoms with Crippen molar-refractivity contribution in [2.75, 3.05) is 17.6 Å². The molecule has 2 amide bonds. The SMILES string of the molecule is CC(=O)Nc1cccc(-n2cnnc2SCC(=O)N2CCC[C@H]2c2cccs2)c1. The molecule has 1 aliphatic heterocycles. The van der Waals surface area contributed by atoms with Crippen LogP contribution < -0.4 is 5.32 Å². The number of carbonyl (C=O) groups excluding carboxylic acids is 2. The van der Waals surface area contributed by atoms with Crippen molar-refractivity contribution in [3.8, 4) is 5.69 Å². The summed E-state index contributed by atoms with van der Waals surface area (Å²) in [6.45, 7) is 2.27. The minimum atomic E-state index is -0.128. The number of anilines is 1. The normalized spacial score (nSPS) is 16.2. The first-order valence-corrected chi connectivity index (χ1v) is 11.2. The van der Waals surface area contributed by atoms with Crippen molar-refractivity contribution < 1.29 is 9.59 Å². The van der Waals surface area contributed by atoms with Crippen LogP contribution in [0.25, 0.3) is 5.69 Å². The molecule has 0 aliphatic carbocycles. The van der Waals surface area contributed by atoms with E-state index in [0.717, 1.165) is 25.1 Å². The van der Waals surface area contributed by atoms with Gasteiger partial charge in [0.25, 0.3) is 0 Å². The van der Waals surface area contributed by atoms with E-state index in [4.69, 9.17) is 0 Å². The highest BCUT2D eigenvalue weighted by Gasteiger charge is 2.30. The Morgan fingerprint density at radius 1 is 1.31 bits per heavy atom. The number of nitrogens with zero attached hydrogens (tertiary/aromatic N) is 4. The van der Waals surface area contributed by atoms with Gasteiger partial charge in [-0.05, 0) is 42.5 Å². The van der Waals surface area contributed by atoms with Crippen LogP contribution in [0.5, 0.6) is 0 Å². The highest BCUT2D eigenvalue weighted by molar-refractivity contribution is 7.99. The van der Waals surface area contributed by atoms with Crippen LogP contribution in [0.4, 0.5) is 5.69 Å². The van der Waals surface area contributed by atoms with E-state index in [2.05, 4.69) is 27.0 Å². The van der Waals surface area contributed by atoms with Gasteiger partial charge in [-0.1, -0.05) is 23.9 Å². The molecule has 1 saturated heterocycles. The summed E-state index contributed by atoms with van der Waals surface area (Å²) in [6.07, 6.45) is 3.66. The van der Waals surface area contributed by atoms with E-state index in [0.29, 0.717) is 16.6 Å². The Morgan fingerprint density at radius 3 is 3.00 bits per heavy atom. The van der Waals surface area contributed by atoms with Gasteiger partial charge in [-0.15, -0.1) is 21.5 Å². The lowest BCUT2D eigenvalue weighted by molar-refractivity contribution is -0.129. The quantitative estimate of drug-likeness (QED) is 0.606. The molecule has 29 heavy (non-hydrogen) atoms. The van der Waals surface area contributed by atoms with E-state index in [1.807, 2.05) is 39.8 Å². The number of hydrogen-bond acceptors (Lipinski definition) is 6. The Kier molecular flexibility index (Phi) is 5.96. The first-order chi connectivity index (χ1) is 14.1. The lowest BCUT2D eigenvalue weighted by atomic mass is 10.2. The van der Waals surface area contributed by atoms with Crippen molar-refractivity contribution in [1.29, 1.82) is 0 Å². The molecule has 1 atom stereocenters. The molecule has 2 aromatic heterocycles. The van der Waals surface area contributed by atoms with E-state index < -0.39 is 0 Å². The van der Waals surface area contributed by atoms with Gasteiger partial charge in [0.15, 0.2) is 5.16 Å². The maximum absolute atomic E-state index is 12.9. The monoisotopic (exact) mass is 427 g/mol. The van der Waals surface area contributed by atoms with Crippen molar-refractivity contribution in [1.82, 2.24) is 19.7 Å². The molecule has 0 spiro atoms. The summed E-state index contributed by atoms with van der Waals surface area (Å²) < 4.78 is 1.82. The zero-order chi connectivity index (χ0) is 20.2. The molecule has 7 nitrogen and oxygen atoms in total. The van der Waals surface area contributed by atoms with Crippen molar-refractivity contribution in [2.24, 2.45) is 0 Å². The number of nitrogens with one attached hydrogen (secondary N) is 1. The number of aromatic nitrogens is 3. The summed E-state index contributed by atoms with van der Waals surface area (Å²) in [5, 5.41) is 13.6. The van der Waals surface area contributed by atoms with Crippen molar-refractivity contribution in [3.63, 3.8) is 0 Å². The fourth-order valence-electron chi connectivity index (χ4n) is 3.49. The summed E-state index contributed by atoms with van der Waals surface area (Å²) in [4.78, 5) is 27.4. The summed E-state index contributed by atoms with van der Waals surface area (Å²) in [7, 11) is 0. The van der Waals surface area contributed by atoms with Gasteiger partial charge in [0.05, 0.1) is 17.5 Å². The van der Waals surface area contributed by atoms with Crippen LogP contribution in [0.15, 0.2) is 53.3 Å². The fraction of sp³-hybridized carbons (Fsp3) is 0.300. The third-order valence-electron chi connectivity index (χ3n) is 4.73. The lowest BCUT2D eigenvalue weighted by Crippen LogP contribution is -2.31. The van der Waals surface area contributed by atoms with Crippen molar-refractivity contribution in [3.05, 3.63) is 53.0 Å². The van der Waals surface area contributed by atoms with Crippen molar-refractivity contribution >= 4 is 40.6 Å². The smallest absolute Gasteiger partial charge is 0.233 e. The molecule has 0 unspecified atom stereocenters. The number of hydrogen-bond donors (Lipinski definition) is 1. The van der Waals surface area contributed by atoms with Crippen LogP contribution >= 0.6 is 23.1 Å². The molecule has 1 aliphatic rings. The number of benzene rings is 1. The predicted octanol–water partition coefficient (Wildman–Crippen LogP) is 3.74. The van der Waals surface area contributed by atoms with Crippen LogP contribution in [-0.2, 0) is 9.59 Å². The Balaban J connectivity index is 1.44. The molecule has 4 rings (SSSR count). The largest absolute Gasteiger partial charge is 0.334 e. The summed E-state index contributed by atoms with van der Waals surface area (Å²) in [5.74, 6) is 0.302. The number of thioether (sulfide) groups is 1. The molecule has 150 valence electrons. The van der Waals surface area contributed by atoms with E-state index in [1.54, 1.807) is 17.7 Å². The zero-order valence-electron chi connectivity index (χ0n) is 15.9. The van der Waals surface area contributed by atoms with E-state index in [-0.39, 0.29) is 17.9 Å². The number of likely N-dealkylation sites (tertiary alicyclic amines) is 1. The second-order valence-electron chi connectivity index (χ2n) is 6.76. The predicted molar refractivity (Wildman–Crippen MR) is 114 cm³/mol. The molecule has 1 N–H and O–H groups in total. The third-order valence-corrected chi connectivity index (χ3v) is 6.63. The third kappa shape index (κ3) is 4.51. The number of thiophene rings is 1. The second-order valence-corrected chi connectivity index (χ2v) is 8.69. The summed E-state index contributed by atoms with van der Waals surface area (Å²) in [6, 6.07) is 11.8. The highest BCUT2D eigenvalue weighted by atomic mass is 32.2.